The van der Waals surface area contributed by atoms with Gasteiger partial charge in [-0.1, -0.05) is 19.8 Å². The van der Waals surface area contributed by atoms with Crippen molar-refractivity contribution < 1.29 is 24.2 Å². The van der Waals surface area contributed by atoms with Crippen molar-refractivity contribution in [3.05, 3.63) is 0 Å². The number of ether oxygens (including phenoxy) is 1. The van der Waals surface area contributed by atoms with Crippen LogP contribution in [0.3, 0.4) is 0 Å². The number of hydrogen-bond acceptors (Lipinski definition) is 4. The van der Waals surface area contributed by atoms with Gasteiger partial charge >= 0.3 is 11.9 Å². The second-order valence-electron chi connectivity index (χ2n) is 4.70. The standard InChI is InChI=1S/C14H24O5/c1-3-4-5-6-13(19-11(2)15)9-7-12(16)8-10-14(17)18/h13H,3-10H2,1-2H3,(H,17,18). The minimum absolute atomic E-state index is 0.0527. The highest BCUT2D eigenvalue weighted by molar-refractivity contribution is 5.82. The first-order chi connectivity index (χ1) is 8.95. The van der Waals surface area contributed by atoms with Crippen LogP contribution >= 0.6 is 0 Å². The van der Waals surface area contributed by atoms with Gasteiger partial charge in [-0.05, 0) is 19.3 Å². The SMILES string of the molecule is CCCCCC(CCC(=O)CCC(=O)O)OC(C)=O. The number of ketones is 1. The molecule has 1 atom stereocenters. The average molecular weight is 272 g/mol. The maximum atomic E-state index is 11.5. The number of hydrogen-bond donors (Lipinski definition) is 1. The molecule has 0 bridgehead atoms. The van der Waals surface area contributed by atoms with Crippen molar-refractivity contribution in [1.82, 2.24) is 0 Å². The molecule has 0 aliphatic rings. The molecule has 5 nitrogen and oxygen atoms in total. The summed E-state index contributed by atoms with van der Waals surface area (Å²) < 4.78 is 5.17. The molecule has 0 spiro atoms. The van der Waals surface area contributed by atoms with E-state index in [1.807, 2.05) is 0 Å². The second kappa shape index (κ2) is 10.5. The summed E-state index contributed by atoms with van der Waals surface area (Å²) in [5, 5.41) is 8.48. The van der Waals surface area contributed by atoms with Crippen molar-refractivity contribution in [2.24, 2.45) is 0 Å². The van der Waals surface area contributed by atoms with E-state index in [1.165, 1.54) is 6.92 Å². The van der Waals surface area contributed by atoms with Crippen molar-refractivity contribution in [3.63, 3.8) is 0 Å². The van der Waals surface area contributed by atoms with Gasteiger partial charge < -0.3 is 9.84 Å². The summed E-state index contributed by atoms with van der Waals surface area (Å²) in [5.74, 6) is -1.39. The summed E-state index contributed by atoms with van der Waals surface area (Å²) in [4.78, 5) is 32.8. The first-order valence-electron chi connectivity index (χ1n) is 6.86. The minimum Gasteiger partial charge on any atom is -0.481 e. The zero-order valence-corrected chi connectivity index (χ0v) is 11.8. The molecule has 0 saturated carbocycles. The zero-order valence-electron chi connectivity index (χ0n) is 11.8. The average Bonchev–Trinajstić information content (AvgIpc) is 2.32. The third-order valence-electron chi connectivity index (χ3n) is 2.83. The van der Waals surface area contributed by atoms with Gasteiger partial charge in [-0.2, -0.15) is 0 Å². The molecule has 0 heterocycles. The molecule has 0 fully saturated rings. The van der Waals surface area contributed by atoms with Crippen LogP contribution in [0, 0.1) is 0 Å². The predicted octanol–water partition coefficient (Wildman–Crippen LogP) is 2.71. The summed E-state index contributed by atoms with van der Waals surface area (Å²) in [7, 11) is 0. The van der Waals surface area contributed by atoms with Crippen molar-refractivity contribution >= 4 is 17.7 Å². The van der Waals surface area contributed by atoms with Gasteiger partial charge in [0.15, 0.2) is 0 Å². The van der Waals surface area contributed by atoms with Gasteiger partial charge in [-0.25, -0.2) is 0 Å². The smallest absolute Gasteiger partial charge is 0.303 e. The summed E-state index contributed by atoms with van der Waals surface area (Å²) in [6, 6.07) is 0. The highest BCUT2D eigenvalue weighted by atomic mass is 16.5. The van der Waals surface area contributed by atoms with Crippen molar-refractivity contribution in [1.29, 1.82) is 0 Å². The fraction of sp³-hybridized carbons (Fsp3) is 0.786. The van der Waals surface area contributed by atoms with E-state index < -0.39 is 5.97 Å². The molecule has 1 N–H and O–H groups in total. The number of unbranched alkanes of at least 4 members (excludes halogenated alkanes) is 2. The Hall–Kier alpha value is -1.39. The Morgan fingerprint density at radius 1 is 1.05 bits per heavy atom. The lowest BCUT2D eigenvalue weighted by atomic mass is 10.0. The number of rotatable bonds is 11. The van der Waals surface area contributed by atoms with Crippen LogP contribution in [0.25, 0.3) is 0 Å². The molecular weight excluding hydrogens is 248 g/mol. The van der Waals surface area contributed by atoms with E-state index in [2.05, 4.69) is 6.92 Å². The summed E-state index contributed by atoms with van der Waals surface area (Å²) >= 11 is 0. The first-order valence-corrected chi connectivity index (χ1v) is 6.86. The molecule has 1 unspecified atom stereocenters. The Bertz CT molecular complexity index is 298. The fourth-order valence-corrected chi connectivity index (χ4v) is 1.81. The van der Waals surface area contributed by atoms with Crippen LogP contribution in [-0.4, -0.2) is 28.9 Å². The van der Waals surface area contributed by atoms with Crippen molar-refractivity contribution in [3.8, 4) is 0 Å². The number of carboxylic acids is 1. The summed E-state index contributed by atoms with van der Waals surface area (Å²) in [6.45, 7) is 3.45. The lowest BCUT2D eigenvalue weighted by Crippen LogP contribution is -2.18. The second-order valence-corrected chi connectivity index (χ2v) is 4.70. The number of carbonyl (C=O) groups excluding carboxylic acids is 2. The van der Waals surface area contributed by atoms with E-state index in [4.69, 9.17) is 9.84 Å². The Kier molecular flexibility index (Phi) is 9.75. The van der Waals surface area contributed by atoms with Gasteiger partial charge in [0, 0.05) is 19.8 Å². The van der Waals surface area contributed by atoms with Crippen LogP contribution in [0.1, 0.15) is 65.2 Å². The molecule has 110 valence electrons. The van der Waals surface area contributed by atoms with Crippen LogP contribution in [0.2, 0.25) is 0 Å². The molecule has 0 aromatic rings. The number of esters is 1. The van der Waals surface area contributed by atoms with Gasteiger partial charge in [0.2, 0.25) is 0 Å². The third kappa shape index (κ3) is 11.4. The summed E-state index contributed by atoms with van der Waals surface area (Å²) in [5.41, 5.74) is 0. The van der Waals surface area contributed by atoms with Gasteiger partial charge in [0.25, 0.3) is 0 Å². The molecule has 0 saturated heterocycles. The number of Topliss-reactive ketones (excluding diaryl/α,β-unsaturated/α-hetero) is 1. The minimum atomic E-state index is -0.965. The molecule has 0 aromatic carbocycles. The van der Waals surface area contributed by atoms with Crippen molar-refractivity contribution in [2.45, 2.75) is 71.3 Å². The molecule has 19 heavy (non-hydrogen) atoms. The molecule has 0 rings (SSSR count). The van der Waals surface area contributed by atoms with E-state index in [-0.39, 0.29) is 37.1 Å². The first kappa shape index (κ1) is 17.6. The molecule has 0 radical (unpaired) electrons. The Balaban J connectivity index is 3.98. The van der Waals surface area contributed by atoms with Gasteiger partial charge in [0.1, 0.15) is 11.9 Å². The van der Waals surface area contributed by atoms with Gasteiger partial charge in [0.05, 0.1) is 6.42 Å². The molecule has 0 aliphatic heterocycles. The number of carboxylic acid groups (broad SMARTS) is 1. The Morgan fingerprint density at radius 2 is 1.74 bits per heavy atom. The molecule has 5 heteroatoms. The quantitative estimate of drug-likeness (QED) is 0.462. The summed E-state index contributed by atoms with van der Waals surface area (Å²) in [6.07, 6.45) is 4.35. The van der Waals surface area contributed by atoms with E-state index in [1.54, 1.807) is 0 Å². The predicted molar refractivity (Wildman–Crippen MR) is 70.8 cm³/mol. The highest BCUT2D eigenvalue weighted by Crippen LogP contribution is 2.13. The maximum Gasteiger partial charge on any atom is 0.303 e. The Morgan fingerprint density at radius 3 is 2.26 bits per heavy atom. The van der Waals surface area contributed by atoms with E-state index in [9.17, 15) is 14.4 Å². The van der Waals surface area contributed by atoms with Gasteiger partial charge in [-0.15, -0.1) is 0 Å². The van der Waals surface area contributed by atoms with Crippen LogP contribution in [0.5, 0.6) is 0 Å². The van der Waals surface area contributed by atoms with Crippen molar-refractivity contribution in [2.75, 3.05) is 0 Å². The van der Waals surface area contributed by atoms with Gasteiger partial charge in [-0.3, -0.25) is 14.4 Å². The molecule has 0 aliphatic carbocycles. The fourth-order valence-electron chi connectivity index (χ4n) is 1.81. The zero-order chi connectivity index (χ0) is 14.7. The van der Waals surface area contributed by atoms with Crippen LogP contribution in [0.4, 0.5) is 0 Å². The lowest BCUT2D eigenvalue weighted by molar-refractivity contribution is -0.147. The van der Waals surface area contributed by atoms with E-state index in [0.29, 0.717) is 6.42 Å². The molecular formula is C14H24O5. The normalized spacial score (nSPS) is 11.9. The largest absolute Gasteiger partial charge is 0.481 e. The van der Waals surface area contributed by atoms with E-state index >= 15 is 0 Å². The number of aliphatic carboxylic acids is 1. The van der Waals surface area contributed by atoms with E-state index in [0.717, 1.165) is 25.7 Å². The van der Waals surface area contributed by atoms with Crippen LogP contribution < -0.4 is 0 Å². The third-order valence-corrected chi connectivity index (χ3v) is 2.83. The van der Waals surface area contributed by atoms with Crippen LogP contribution in [0.15, 0.2) is 0 Å². The Labute approximate surface area is 114 Å². The van der Waals surface area contributed by atoms with Crippen LogP contribution in [-0.2, 0) is 19.1 Å². The highest BCUT2D eigenvalue weighted by Gasteiger charge is 2.14. The maximum absolute atomic E-state index is 11.5. The molecule has 0 amide bonds. The number of carbonyl (C=O) groups is 3. The monoisotopic (exact) mass is 272 g/mol. The topological polar surface area (TPSA) is 80.7 Å². The molecule has 0 aromatic heterocycles. The lowest BCUT2D eigenvalue weighted by Gasteiger charge is -2.16.